The van der Waals surface area contributed by atoms with Crippen LogP contribution in [0.5, 0.6) is 5.75 Å². The molecule has 0 radical (unpaired) electrons. The van der Waals surface area contributed by atoms with Gasteiger partial charge in [-0.1, -0.05) is 48.0 Å². The molecule has 29 heavy (non-hydrogen) atoms. The van der Waals surface area contributed by atoms with Gasteiger partial charge >= 0.3 is 5.97 Å². The molecule has 0 bridgehead atoms. The minimum atomic E-state index is -0.526. The van der Waals surface area contributed by atoms with Crippen molar-refractivity contribution in [1.82, 2.24) is 4.90 Å². The molecular weight excluding hydrogens is 366 g/mol. The van der Waals surface area contributed by atoms with Crippen molar-refractivity contribution in [2.45, 2.75) is 27.3 Å². The van der Waals surface area contributed by atoms with Gasteiger partial charge in [0.15, 0.2) is 0 Å². The lowest BCUT2D eigenvalue weighted by Crippen LogP contribution is -2.24. The van der Waals surface area contributed by atoms with Crippen LogP contribution in [0.1, 0.15) is 30.5 Å². The van der Waals surface area contributed by atoms with E-state index in [4.69, 9.17) is 9.47 Å². The van der Waals surface area contributed by atoms with E-state index in [2.05, 4.69) is 0 Å². The molecule has 2 aromatic rings. The summed E-state index contributed by atoms with van der Waals surface area (Å²) in [6.07, 6.45) is 1.71. The van der Waals surface area contributed by atoms with Gasteiger partial charge in [-0.3, -0.25) is 4.79 Å². The molecule has 0 fully saturated rings. The summed E-state index contributed by atoms with van der Waals surface area (Å²) >= 11 is 0. The lowest BCUT2D eigenvalue weighted by atomic mass is 10.0. The van der Waals surface area contributed by atoms with E-state index >= 15 is 0 Å². The normalized spacial score (nSPS) is 15.2. The van der Waals surface area contributed by atoms with E-state index in [1.165, 1.54) is 7.11 Å². The minimum Gasteiger partial charge on any atom is -0.493 e. The fourth-order valence-corrected chi connectivity index (χ4v) is 3.34. The lowest BCUT2D eigenvalue weighted by molar-refractivity contribution is -0.136. The summed E-state index contributed by atoms with van der Waals surface area (Å²) in [4.78, 5) is 27.4. The third kappa shape index (κ3) is 4.24. The van der Waals surface area contributed by atoms with Crippen LogP contribution in [-0.2, 0) is 20.9 Å². The number of ether oxygens (including phenoxy) is 2. The second-order valence-corrected chi connectivity index (χ2v) is 6.86. The number of methoxy groups -OCH3 is 1. The zero-order valence-corrected chi connectivity index (χ0v) is 17.2. The van der Waals surface area contributed by atoms with Gasteiger partial charge in [-0.25, -0.2) is 4.79 Å². The first-order chi connectivity index (χ1) is 14.0. The number of carbonyl (C=O) groups is 2. The van der Waals surface area contributed by atoms with Gasteiger partial charge < -0.3 is 14.4 Å². The molecule has 0 N–H and O–H groups in total. The predicted octanol–water partition coefficient (Wildman–Crippen LogP) is 4.27. The van der Waals surface area contributed by atoms with Crippen molar-refractivity contribution in [3.05, 3.63) is 82.1 Å². The zero-order valence-electron chi connectivity index (χ0n) is 17.2. The summed E-state index contributed by atoms with van der Waals surface area (Å²) in [6, 6.07) is 15.4. The first-order valence-corrected chi connectivity index (χ1v) is 9.56. The Labute approximate surface area is 171 Å². The van der Waals surface area contributed by atoms with Crippen molar-refractivity contribution in [3.8, 4) is 5.75 Å². The van der Waals surface area contributed by atoms with Crippen LogP contribution in [0, 0.1) is 6.92 Å². The highest BCUT2D eigenvalue weighted by Crippen LogP contribution is 2.34. The Kier molecular flexibility index (Phi) is 6.17. The van der Waals surface area contributed by atoms with Crippen molar-refractivity contribution >= 4 is 18.0 Å². The standard InChI is InChI=1S/C24H25NO4/c1-5-29-21-9-7-6-8-19(21)14-20-22(24(27)28-4)17(3)25(23(20)26)15-18-12-10-16(2)11-13-18/h6-14H,5,15H2,1-4H3/b20-14-. The average molecular weight is 391 g/mol. The molecule has 0 unspecified atom stereocenters. The second-order valence-electron chi connectivity index (χ2n) is 6.86. The molecule has 0 saturated heterocycles. The van der Waals surface area contributed by atoms with Gasteiger partial charge in [0.25, 0.3) is 5.91 Å². The molecule has 150 valence electrons. The topological polar surface area (TPSA) is 55.8 Å². The number of allylic oxidation sites excluding steroid dienone is 1. The molecular formula is C24H25NO4. The molecule has 0 spiro atoms. The maximum absolute atomic E-state index is 13.3. The van der Waals surface area contributed by atoms with Crippen molar-refractivity contribution < 1.29 is 19.1 Å². The monoisotopic (exact) mass is 391 g/mol. The summed E-state index contributed by atoms with van der Waals surface area (Å²) < 4.78 is 10.6. The van der Waals surface area contributed by atoms with Crippen LogP contribution in [0.15, 0.2) is 65.4 Å². The van der Waals surface area contributed by atoms with Crippen LogP contribution < -0.4 is 4.74 Å². The predicted molar refractivity (Wildman–Crippen MR) is 112 cm³/mol. The van der Waals surface area contributed by atoms with Crippen molar-refractivity contribution in [3.63, 3.8) is 0 Å². The third-order valence-electron chi connectivity index (χ3n) is 4.88. The van der Waals surface area contributed by atoms with Crippen LogP contribution in [0.3, 0.4) is 0 Å². The van der Waals surface area contributed by atoms with Crippen molar-refractivity contribution in [1.29, 1.82) is 0 Å². The highest BCUT2D eigenvalue weighted by Gasteiger charge is 2.37. The van der Waals surface area contributed by atoms with Crippen LogP contribution >= 0.6 is 0 Å². The summed E-state index contributed by atoms with van der Waals surface area (Å²) in [5, 5.41) is 0. The Morgan fingerprint density at radius 3 is 2.41 bits per heavy atom. The number of aryl methyl sites for hydroxylation is 1. The smallest absolute Gasteiger partial charge is 0.340 e. The number of carbonyl (C=O) groups excluding carboxylic acids is 2. The van der Waals surface area contributed by atoms with E-state index < -0.39 is 5.97 Å². The fraction of sp³-hybridized carbons (Fsp3) is 0.250. The van der Waals surface area contributed by atoms with Crippen LogP contribution in [-0.4, -0.2) is 30.5 Å². The van der Waals surface area contributed by atoms with Gasteiger partial charge in [0.2, 0.25) is 0 Å². The Hall–Kier alpha value is -3.34. The summed E-state index contributed by atoms with van der Waals surface area (Å²) in [6.45, 7) is 6.58. The minimum absolute atomic E-state index is 0.227. The number of hydrogen-bond acceptors (Lipinski definition) is 4. The first-order valence-electron chi connectivity index (χ1n) is 9.56. The Morgan fingerprint density at radius 1 is 1.07 bits per heavy atom. The second kappa shape index (κ2) is 8.78. The van der Waals surface area contributed by atoms with Crippen molar-refractivity contribution in [2.75, 3.05) is 13.7 Å². The molecule has 5 heteroatoms. The molecule has 1 heterocycles. The lowest BCUT2D eigenvalue weighted by Gasteiger charge is -2.18. The molecule has 2 aromatic carbocycles. The molecule has 1 aliphatic rings. The van der Waals surface area contributed by atoms with Crippen LogP contribution in [0.4, 0.5) is 0 Å². The van der Waals surface area contributed by atoms with Gasteiger partial charge in [-0.05, 0) is 38.5 Å². The number of hydrogen-bond donors (Lipinski definition) is 0. The fourth-order valence-electron chi connectivity index (χ4n) is 3.34. The van der Waals surface area contributed by atoms with E-state index in [1.54, 1.807) is 17.9 Å². The van der Waals surface area contributed by atoms with Gasteiger partial charge in [-0.15, -0.1) is 0 Å². The number of amides is 1. The van der Waals surface area contributed by atoms with Crippen LogP contribution in [0.2, 0.25) is 0 Å². The Morgan fingerprint density at radius 2 is 1.76 bits per heavy atom. The summed E-state index contributed by atoms with van der Waals surface area (Å²) in [5.41, 5.74) is 4.07. The number of benzene rings is 2. The maximum Gasteiger partial charge on any atom is 0.340 e. The molecule has 5 nitrogen and oxygen atoms in total. The highest BCUT2D eigenvalue weighted by molar-refractivity contribution is 6.16. The SMILES string of the molecule is CCOc1ccccc1/C=C1\C(=O)N(Cc2ccc(C)cc2)C(C)=C1C(=O)OC. The quantitative estimate of drug-likeness (QED) is 0.545. The number of esters is 1. The number of para-hydroxylation sites is 1. The molecule has 1 amide bonds. The van der Waals surface area contributed by atoms with E-state index in [9.17, 15) is 9.59 Å². The Bertz CT molecular complexity index is 986. The summed E-state index contributed by atoms with van der Waals surface area (Å²) in [7, 11) is 1.32. The van der Waals surface area contributed by atoms with Crippen molar-refractivity contribution in [2.24, 2.45) is 0 Å². The first kappa shape index (κ1) is 20.4. The molecule has 3 rings (SSSR count). The highest BCUT2D eigenvalue weighted by atomic mass is 16.5. The van der Waals surface area contributed by atoms with Gasteiger partial charge in [0.05, 0.1) is 31.4 Å². The van der Waals surface area contributed by atoms with Crippen LogP contribution in [0.25, 0.3) is 6.08 Å². The van der Waals surface area contributed by atoms with Gasteiger partial charge in [-0.2, -0.15) is 0 Å². The maximum atomic E-state index is 13.3. The molecule has 0 saturated carbocycles. The van der Waals surface area contributed by atoms with E-state index in [-0.39, 0.29) is 11.5 Å². The average Bonchev–Trinajstić information content (AvgIpc) is 2.95. The summed E-state index contributed by atoms with van der Waals surface area (Å²) in [5.74, 6) is -0.0914. The zero-order chi connectivity index (χ0) is 21.0. The van der Waals surface area contributed by atoms with E-state index in [0.29, 0.717) is 30.2 Å². The Balaban J connectivity index is 2.04. The van der Waals surface area contributed by atoms with E-state index in [0.717, 1.165) is 16.7 Å². The largest absolute Gasteiger partial charge is 0.493 e. The van der Waals surface area contributed by atoms with Gasteiger partial charge in [0.1, 0.15) is 5.75 Å². The molecule has 1 aliphatic heterocycles. The molecule has 0 aliphatic carbocycles. The third-order valence-corrected chi connectivity index (χ3v) is 4.88. The number of nitrogens with zero attached hydrogens (tertiary/aromatic N) is 1. The van der Waals surface area contributed by atoms with Gasteiger partial charge in [0, 0.05) is 11.3 Å². The molecule has 0 atom stereocenters. The number of rotatable bonds is 6. The molecule has 0 aromatic heterocycles. The van der Waals surface area contributed by atoms with E-state index in [1.807, 2.05) is 62.4 Å².